The van der Waals surface area contributed by atoms with Crippen molar-refractivity contribution in [3.63, 3.8) is 0 Å². The third-order valence-electron chi connectivity index (χ3n) is 5.14. The van der Waals surface area contributed by atoms with Crippen molar-refractivity contribution in [3.8, 4) is 17.2 Å². The Morgan fingerprint density at radius 1 is 0.935 bits per heavy atom. The summed E-state index contributed by atoms with van der Waals surface area (Å²) in [7, 11) is 1.51. The molecule has 0 aliphatic carbocycles. The molecular formula is C24H19NO6. The van der Waals surface area contributed by atoms with E-state index in [-0.39, 0.29) is 28.5 Å². The maximum absolute atomic E-state index is 13.0. The molecule has 7 heteroatoms. The third kappa shape index (κ3) is 3.46. The Kier molecular flexibility index (Phi) is 5.09. The van der Waals surface area contributed by atoms with Crippen LogP contribution < -0.4 is 9.64 Å². The van der Waals surface area contributed by atoms with Crippen LogP contribution in [0.5, 0.6) is 17.2 Å². The van der Waals surface area contributed by atoms with Crippen molar-refractivity contribution in [3.05, 3.63) is 89.5 Å². The van der Waals surface area contributed by atoms with E-state index in [1.807, 2.05) is 0 Å². The SMILES string of the molecule is COc1ccc(/C(O)=C2/C(=O)C(=O)N(c3ccccc3O)C2c2cccc(O)c2)cc1. The molecule has 7 nitrogen and oxygen atoms in total. The quantitative estimate of drug-likeness (QED) is 0.339. The van der Waals surface area contributed by atoms with Gasteiger partial charge in [0, 0.05) is 5.56 Å². The number of anilines is 1. The van der Waals surface area contributed by atoms with Gasteiger partial charge in [-0.2, -0.15) is 0 Å². The summed E-state index contributed by atoms with van der Waals surface area (Å²) in [6, 6.07) is 17.5. The van der Waals surface area contributed by atoms with Gasteiger partial charge in [0.15, 0.2) is 0 Å². The largest absolute Gasteiger partial charge is 0.508 e. The summed E-state index contributed by atoms with van der Waals surface area (Å²) >= 11 is 0. The summed E-state index contributed by atoms with van der Waals surface area (Å²) in [5.74, 6) is -1.86. The highest BCUT2D eigenvalue weighted by Crippen LogP contribution is 2.45. The Bertz CT molecular complexity index is 1200. The minimum absolute atomic E-state index is 0.0650. The number of nitrogens with zero attached hydrogens (tertiary/aromatic N) is 1. The van der Waals surface area contributed by atoms with Crippen molar-refractivity contribution in [2.75, 3.05) is 12.0 Å². The maximum Gasteiger partial charge on any atom is 0.300 e. The number of phenols is 2. The Hall–Kier alpha value is -4.26. The number of ketones is 1. The number of hydrogen-bond acceptors (Lipinski definition) is 6. The van der Waals surface area contributed by atoms with Crippen LogP contribution in [0.4, 0.5) is 5.69 Å². The fraction of sp³-hybridized carbons (Fsp3) is 0.0833. The number of aliphatic hydroxyl groups is 1. The lowest BCUT2D eigenvalue weighted by molar-refractivity contribution is -0.132. The van der Waals surface area contributed by atoms with Crippen LogP contribution in [0.15, 0.2) is 78.4 Å². The fourth-order valence-electron chi connectivity index (χ4n) is 3.66. The predicted molar refractivity (Wildman–Crippen MR) is 114 cm³/mol. The van der Waals surface area contributed by atoms with E-state index in [9.17, 15) is 24.9 Å². The molecule has 156 valence electrons. The van der Waals surface area contributed by atoms with Crippen LogP contribution in [-0.2, 0) is 9.59 Å². The van der Waals surface area contributed by atoms with Gasteiger partial charge >= 0.3 is 0 Å². The molecule has 0 bridgehead atoms. The summed E-state index contributed by atoms with van der Waals surface area (Å²) in [5.41, 5.74) is 0.689. The first kappa shape index (κ1) is 20.0. The van der Waals surface area contributed by atoms with Gasteiger partial charge in [-0.05, 0) is 54.1 Å². The number of ether oxygens (including phenoxy) is 1. The van der Waals surface area contributed by atoms with E-state index in [4.69, 9.17) is 4.74 Å². The number of carbonyl (C=O) groups is 2. The Morgan fingerprint density at radius 3 is 2.29 bits per heavy atom. The number of para-hydroxylation sites is 2. The number of phenolic OH excluding ortho intramolecular Hbond substituents is 2. The third-order valence-corrected chi connectivity index (χ3v) is 5.14. The molecule has 0 radical (unpaired) electrons. The molecule has 1 aliphatic rings. The van der Waals surface area contributed by atoms with Crippen molar-refractivity contribution in [1.29, 1.82) is 0 Å². The van der Waals surface area contributed by atoms with Crippen LogP contribution >= 0.6 is 0 Å². The van der Waals surface area contributed by atoms with E-state index in [1.165, 1.54) is 31.4 Å². The van der Waals surface area contributed by atoms with E-state index in [0.717, 1.165) is 4.90 Å². The van der Waals surface area contributed by atoms with Gasteiger partial charge in [-0.25, -0.2) is 0 Å². The van der Waals surface area contributed by atoms with Crippen LogP contribution in [0, 0.1) is 0 Å². The summed E-state index contributed by atoms with van der Waals surface area (Å²) in [5, 5.41) is 31.4. The van der Waals surface area contributed by atoms with Crippen LogP contribution in [0.25, 0.3) is 5.76 Å². The molecule has 1 fully saturated rings. The molecule has 1 aliphatic heterocycles. The summed E-state index contributed by atoms with van der Waals surface area (Å²) in [6.45, 7) is 0. The molecule has 1 heterocycles. The molecular weight excluding hydrogens is 398 g/mol. The van der Waals surface area contributed by atoms with Crippen molar-refractivity contribution in [2.24, 2.45) is 0 Å². The van der Waals surface area contributed by atoms with Crippen LogP contribution in [0.2, 0.25) is 0 Å². The second-order valence-corrected chi connectivity index (χ2v) is 6.98. The van der Waals surface area contributed by atoms with E-state index in [1.54, 1.807) is 48.5 Å². The molecule has 1 unspecified atom stereocenters. The molecule has 3 aromatic carbocycles. The van der Waals surface area contributed by atoms with Gasteiger partial charge in [-0.15, -0.1) is 0 Å². The first-order chi connectivity index (χ1) is 14.9. The first-order valence-electron chi connectivity index (χ1n) is 9.44. The minimum Gasteiger partial charge on any atom is -0.508 e. The number of rotatable bonds is 4. The highest BCUT2D eigenvalue weighted by Gasteiger charge is 2.47. The van der Waals surface area contributed by atoms with E-state index >= 15 is 0 Å². The summed E-state index contributed by atoms with van der Waals surface area (Å²) < 4.78 is 5.12. The van der Waals surface area contributed by atoms with E-state index in [0.29, 0.717) is 16.9 Å². The van der Waals surface area contributed by atoms with Crippen molar-refractivity contribution >= 4 is 23.1 Å². The van der Waals surface area contributed by atoms with Gasteiger partial charge in [0.05, 0.1) is 24.4 Å². The van der Waals surface area contributed by atoms with Crippen molar-refractivity contribution in [2.45, 2.75) is 6.04 Å². The smallest absolute Gasteiger partial charge is 0.300 e. The van der Waals surface area contributed by atoms with Gasteiger partial charge in [0.25, 0.3) is 11.7 Å². The monoisotopic (exact) mass is 417 g/mol. The van der Waals surface area contributed by atoms with Crippen LogP contribution in [-0.4, -0.2) is 34.1 Å². The maximum atomic E-state index is 13.0. The van der Waals surface area contributed by atoms with Crippen LogP contribution in [0.1, 0.15) is 17.2 Å². The zero-order valence-electron chi connectivity index (χ0n) is 16.5. The zero-order chi connectivity index (χ0) is 22.1. The number of aliphatic hydroxyl groups excluding tert-OH is 1. The summed E-state index contributed by atoms with van der Waals surface area (Å²) in [6.07, 6.45) is 0. The Morgan fingerprint density at radius 2 is 1.65 bits per heavy atom. The molecule has 1 atom stereocenters. The van der Waals surface area contributed by atoms with E-state index < -0.39 is 17.7 Å². The molecule has 3 aromatic rings. The van der Waals surface area contributed by atoms with Gasteiger partial charge in [0.1, 0.15) is 23.0 Å². The molecule has 0 saturated carbocycles. The molecule has 0 spiro atoms. The number of amides is 1. The Labute approximate surface area is 178 Å². The predicted octanol–water partition coefficient (Wildman–Crippen LogP) is 3.73. The minimum atomic E-state index is -1.05. The molecule has 31 heavy (non-hydrogen) atoms. The van der Waals surface area contributed by atoms with Gasteiger partial charge in [-0.1, -0.05) is 24.3 Å². The average Bonchev–Trinajstić information content (AvgIpc) is 3.04. The first-order valence-corrected chi connectivity index (χ1v) is 9.44. The highest BCUT2D eigenvalue weighted by molar-refractivity contribution is 6.51. The number of benzene rings is 3. The number of methoxy groups -OCH3 is 1. The normalized spacial score (nSPS) is 17.7. The molecule has 0 aromatic heterocycles. The van der Waals surface area contributed by atoms with Crippen LogP contribution in [0.3, 0.4) is 0 Å². The Balaban J connectivity index is 1.95. The average molecular weight is 417 g/mol. The highest BCUT2D eigenvalue weighted by atomic mass is 16.5. The number of aromatic hydroxyl groups is 2. The second kappa shape index (κ2) is 7.87. The lowest BCUT2D eigenvalue weighted by Crippen LogP contribution is -2.29. The molecule has 4 rings (SSSR count). The lowest BCUT2D eigenvalue weighted by atomic mass is 9.95. The number of Topliss-reactive ketones (excluding diaryl/α,β-unsaturated/α-hetero) is 1. The zero-order valence-corrected chi connectivity index (χ0v) is 16.5. The topological polar surface area (TPSA) is 107 Å². The summed E-state index contributed by atoms with van der Waals surface area (Å²) in [4.78, 5) is 27.2. The van der Waals surface area contributed by atoms with Crippen molar-refractivity contribution in [1.82, 2.24) is 0 Å². The molecule has 1 saturated heterocycles. The van der Waals surface area contributed by atoms with Gasteiger partial charge in [-0.3, -0.25) is 14.5 Å². The lowest BCUT2D eigenvalue weighted by Gasteiger charge is -2.26. The molecule has 1 amide bonds. The number of carbonyl (C=O) groups excluding carboxylic acids is 2. The molecule has 3 N–H and O–H groups in total. The fourth-order valence-corrected chi connectivity index (χ4v) is 3.66. The standard InChI is InChI=1S/C24H19NO6/c1-31-17-11-9-14(10-12-17)22(28)20-21(15-5-4-6-16(26)13-15)25(24(30)23(20)29)18-7-2-3-8-19(18)27/h2-13,21,26-28H,1H3/b22-20-. The van der Waals surface area contributed by atoms with Gasteiger partial charge < -0.3 is 20.1 Å². The van der Waals surface area contributed by atoms with Gasteiger partial charge in [0.2, 0.25) is 0 Å². The van der Waals surface area contributed by atoms with E-state index in [2.05, 4.69) is 0 Å². The number of hydrogen-bond donors (Lipinski definition) is 3. The van der Waals surface area contributed by atoms with Crippen molar-refractivity contribution < 1.29 is 29.6 Å². The second-order valence-electron chi connectivity index (χ2n) is 6.98.